The molecule has 0 amide bonds. The van der Waals surface area contributed by atoms with Crippen molar-refractivity contribution in [2.45, 2.75) is 13.0 Å². The van der Waals surface area contributed by atoms with Crippen LogP contribution in [-0.2, 0) is 11.3 Å². The quantitative estimate of drug-likeness (QED) is 0.414. The zero-order valence-electron chi connectivity index (χ0n) is 14.6. The summed E-state index contributed by atoms with van der Waals surface area (Å²) >= 11 is 0. The maximum absolute atomic E-state index is 12.1. The number of alkyl halides is 3. The Balaban J connectivity index is 1.70. The smallest absolute Gasteiger partial charge is 0.497 e. The van der Waals surface area contributed by atoms with E-state index in [1.165, 1.54) is 24.3 Å². The number of nitrogens with zero attached hydrogens (tertiary/aromatic N) is 1. The normalized spacial score (nSPS) is 11.9. The van der Waals surface area contributed by atoms with Crippen LogP contribution in [0.3, 0.4) is 0 Å². The molecule has 0 spiro atoms. The molecule has 0 radical (unpaired) electrons. The first kappa shape index (κ1) is 20.4. The van der Waals surface area contributed by atoms with Gasteiger partial charge in [-0.2, -0.15) is 0 Å². The van der Waals surface area contributed by atoms with Crippen LogP contribution in [-0.4, -0.2) is 32.6 Å². The van der Waals surface area contributed by atoms with Crippen molar-refractivity contribution < 1.29 is 27.4 Å². The number of anilines is 1. The molecular formula is C18H20F3N3O3. The number of hydrogen-bond donors (Lipinski definition) is 2. The van der Waals surface area contributed by atoms with Gasteiger partial charge in [-0.05, 0) is 42.0 Å². The molecule has 0 aliphatic carbocycles. The number of nitrogens with two attached hydrogens (primary N) is 1. The minimum absolute atomic E-state index is 0.132. The third kappa shape index (κ3) is 7.87. The Bertz CT molecular complexity index is 732. The number of guanidine groups is 1. The van der Waals surface area contributed by atoms with Gasteiger partial charge < -0.3 is 25.3 Å². The minimum atomic E-state index is -4.72. The number of halogens is 3. The Morgan fingerprint density at radius 2 is 1.67 bits per heavy atom. The lowest BCUT2D eigenvalue weighted by Crippen LogP contribution is -2.23. The van der Waals surface area contributed by atoms with Crippen molar-refractivity contribution in [3.05, 3.63) is 54.1 Å². The van der Waals surface area contributed by atoms with Crippen LogP contribution in [0.5, 0.6) is 11.5 Å². The van der Waals surface area contributed by atoms with E-state index in [-0.39, 0.29) is 11.7 Å². The van der Waals surface area contributed by atoms with Gasteiger partial charge in [-0.3, -0.25) is 4.99 Å². The predicted octanol–water partition coefficient (Wildman–Crippen LogP) is 3.54. The number of ether oxygens (including phenoxy) is 3. The fraction of sp³-hybridized carbons (Fsp3) is 0.278. The van der Waals surface area contributed by atoms with Gasteiger partial charge in [0, 0.05) is 5.69 Å². The molecule has 0 heterocycles. The Labute approximate surface area is 154 Å². The number of aliphatic imine (C=N–C) groups is 1. The zero-order valence-corrected chi connectivity index (χ0v) is 14.6. The van der Waals surface area contributed by atoms with E-state index in [1.807, 2.05) is 24.3 Å². The van der Waals surface area contributed by atoms with Crippen LogP contribution in [0.1, 0.15) is 5.56 Å². The first-order valence-electron chi connectivity index (χ1n) is 7.99. The SMILES string of the molecule is COc1ccc(COCCN=C(N)Nc2ccc(OC(F)(F)F)cc2)cc1. The molecular weight excluding hydrogens is 363 g/mol. The molecule has 0 unspecified atom stereocenters. The summed E-state index contributed by atoms with van der Waals surface area (Å²) in [5.41, 5.74) is 7.23. The summed E-state index contributed by atoms with van der Waals surface area (Å²) in [7, 11) is 1.60. The largest absolute Gasteiger partial charge is 0.573 e. The second-order valence-corrected chi connectivity index (χ2v) is 5.36. The van der Waals surface area contributed by atoms with Gasteiger partial charge in [0.05, 0.1) is 26.9 Å². The fourth-order valence-electron chi connectivity index (χ4n) is 2.07. The molecule has 27 heavy (non-hydrogen) atoms. The summed E-state index contributed by atoms with van der Waals surface area (Å²) in [6, 6.07) is 12.7. The number of benzene rings is 2. The van der Waals surface area contributed by atoms with E-state index in [0.29, 0.717) is 25.4 Å². The third-order valence-corrected chi connectivity index (χ3v) is 3.31. The van der Waals surface area contributed by atoms with Gasteiger partial charge in [0.15, 0.2) is 5.96 Å². The Morgan fingerprint density at radius 3 is 2.26 bits per heavy atom. The molecule has 0 bridgehead atoms. The highest BCUT2D eigenvalue weighted by Crippen LogP contribution is 2.23. The summed E-state index contributed by atoms with van der Waals surface area (Å²) in [4.78, 5) is 4.09. The van der Waals surface area contributed by atoms with Gasteiger partial charge in [0.25, 0.3) is 0 Å². The Morgan fingerprint density at radius 1 is 1.04 bits per heavy atom. The second-order valence-electron chi connectivity index (χ2n) is 5.36. The van der Waals surface area contributed by atoms with Gasteiger partial charge >= 0.3 is 6.36 Å². The standard InChI is InChI=1S/C18H20F3N3O3/c1-25-15-6-2-13(3-7-15)12-26-11-10-23-17(22)24-14-4-8-16(9-5-14)27-18(19,20)21/h2-9H,10-12H2,1H3,(H3,22,23,24). The molecule has 0 atom stereocenters. The van der Waals surface area contributed by atoms with E-state index >= 15 is 0 Å². The maximum Gasteiger partial charge on any atom is 0.573 e. The molecule has 0 fully saturated rings. The van der Waals surface area contributed by atoms with Gasteiger partial charge in [-0.15, -0.1) is 13.2 Å². The molecule has 0 aliphatic rings. The summed E-state index contributed by atoms with van der Waals surface area (Å²) in [5.74, 6) is 0.600. The van der Waals surface area contributed by atoms with Crippen LogP contribution in [0.25, 0.3) is 0 Å². The van der Waals surface area contributed by atoms with Crippen LogP contribution in [0, 0.1) is 0 Å². The summed E-state index contributed by atoms with van der Waals surface area (Å²) in [6.45, 7) is 1.14. The molecule has 6 nitrogen and oxygen atoms in total. The molecule has 9 heteroatoms. The van der Waals surface area contributed by atoms with Crippen molar-refractivity contribution in [2.24, 2.45) is 10.7 Å². The molecule has 146 valence electrons. The zero-order chi connectivity index (χ0) is 19.7. The lowest BCUT2D eigenvalue weighted by molar-refractivity contribution is -0.274. The van der Waals surface area contributed by atoms with Crippen LogP contribution >= 0.6 is 0 Å². The summed E-state index contributed by atoms with van der Waals surface area (Å²) < 4.78 is 50.7. The van der Waals surface area contributed by atoms with Crippen molar-refractivity contribution in [3.63, 3.8) is 0 Å². The van der Waals surface area contributed by atoms with E-state index in [9.17, 15) is 13.2 Å². The molecule has 3 N–H and O–H groups in total. The highest BCUT2D eigenvalue weighted by molar-refractivity contribution is 5.92. The van der Waals surface area contributed by atoms with Crippen molar-refractivity contribution in [2.75, 3.05) is 25.6 Å². The third-order valence-electron chi connectivity index (χ3n) is 3.31. The first-order valence-corrected chi connectivity index (χ1v) is 7.99. The molecule has 2 aromatic carbocycles. The summed E-state index contributed by atoms with van der Waals surface area (Å²) in [6.07, 6.45) is -4.72. The van der Waals surface area contributed by atoms with E-state index < -0.39 is 6.36 Å². The van der Waals surface area contributed by atoms with E-state index in [4.69, 9.17) is 15.2 Å². The molecule has 0 saturated carbocycles. The van der Waals surface area contributed by atoms with E-state index in [1.54, 1.807) is 7.11 Å². The lowest BCUT2D eigenvalue weighted by Gasteiger charge is -2.10. The highest BCUT2D eigenvalue weighted by Gasteiger charge is 2.30. The van der Waals surface area contributed by atoms with Crippen LogP contribution in [0.15, 0.2) is 53.5 Å². The van der Waals surface area contributed by atoms with Crippen LogP contribution < -0.4 is 20.5 Å². The van der Waals surface area contributed by atoms with Gasteiger partial charge in [0.2, 0.25) is 0 Å². The highest BCUT2D eigenvalue weighted by atomic mass is 19.4. The Kier molecular flexibility index (Phi) is 7.30. The average Bonchev–Trinajstić information content (AvgIpc) is 2.62. The molecule has 0 saturated heterocycles. The Hall–Kier alpha value is -2.94. The fourth-order valence-corrected chi connectivity index (χ4v) is 2.07. The average molecular weight is 383 g/mol. The number of methoxy groups -OCH3 is 1. The van der Waals surface area contributed by atoms with Gasteiger partial charge in [-0.25, -0.2) is 0 Å². The van der Waals surface area contributed by atoms with Crippen molar-refractivity contribution in [3.8, 4) is 11.5 Å². The van der Waals surface area contributed by atoms with E-state index in [2.05, 4.69) is 15.0 Å². The van der Waals surface area contributed by atoms with Gasteiger partial charge in [0.1, 0.15) is 11.5 Å². The number of rotatable bonds is 8. The molecule has 0 aromatic heterocycles. The minimum Gasteiger partial charge on any atom is -0.497 e. The topological polar surface area (TPSA) is 78.1 Å². The molecule has 2 aromatic rings. The number of hydrogen-bond acceptors (Lipinski definition) is 4. The van der Waals surface area contributed by atoms with Crippen molar-refractivity contribution in [1.29, 1.82) is 0 Å². The number of nitrogens with one attached hydrogen (secondary N) is 1. The van der Waals surface area contributed by atoms with Crippen LogP contribution in [0.4, 0.5) is 18.9 Å². The second kappa shape index (κ2) is 9.67. The molecule has 2 rings (SSSR count). The maximum atomic E-state index is 12.1. The van der Waals surface area contributed by atoms with E-state index in [0.717, 1.165) is 11.3 Å². The van der Waals surface area contributed by atoms with Gasteiger partial charge in [-0.1, -0.05) is 12.1 Å². The summed E-state index contributed by atoms with van der Waals surface area (Å²) in [5, 5.41) is 2.77. The first-order chi connectivity index (χ1) is 12.9. The predicted molar refractivity (Wildman–Crippen MR) is 95.9 cm³/mol. The van der Waals surface area contributed by atoms with Crippen molar-refractivity contribution >= 4 is 11.6 Å². The molecule has 0 aliphatic heterocycles. The monoisotopic (exact) mass is 383 g/mol. The van der Waals surface area contributed by atoms with Crippen molar-refractivity contribution in [1.82, 2.24) is 0 Å². The van der Waals surface area contributed by atoms with Crippen LogP contribution in [0.2, 0.25) is 0 Å². The lowest BCUT2D eigenvalue weighted by atomic mass is 10.2.